The van der Waals surface area contributed by atoms with Gasteiger partial charge in [-0.2, -0.15) is 0 Å². The minimum absolute atomic E-state index is 0.0523. The Labute approximate surface area is 120 Å². The Bertz CT molecular complexity index is 471. The molecule has 1 atom stereocenters. The summed E-state index contributed by atoms with van der Waals surface area (Å²) in [6.07, 6.45) is 6.14. The van der Waals surface area contributed by atoms with Crippen molar-refractivity contribution in [2.24, 2.45) is 5.73 Å². The predicted molar refractivity (Wildman–Crippen MR) is 80.4 cm³/mol. The van der Waals surface area contributed by atoms with Crippen molar-refractivity contribution in [1.82, 2.24) is 4.90 Å². The third kappa shape index (κ3) is 3.57. The molecular weight excluding hydrogens is 253 g/mol. The molecule has 3 N–H and O–H groups in total. The number of nitrogens with one attached hydrogen (secondary N) is 1. The number of nitrogens with zero attached hydrogens (tertiary/aromatic N) is 1. The molecule has 1 unspecified atom stereocenters. The van der Waals surface area contributed by atoms with Crippen molar-refractivity contribution in [2.75, 3.05) is 6.54 Å². The second kappa shape index (κ2) is 6.84. The molecule has 1 fully saturated rings. The Hall–Kier alpha value is -1.42. The summed E-state index contributed by atoms with van der Waals surface area (Å²) in [6, 6.07) is 5.21. The lowest BCUT2D eigenvalue weighted by molar-refractivity contribution is 0.131. The predicted octanol–water partition coefficient (Wildman–Crippen LogP) is 3.26. The van der Waals surface area contributed by atoms with Crippen molar-refractivity contribution in [3.05, 3.63) is 35.1 Å². The van der Waals surface area contributed by atoms with Crippen molar-refractivity contribution in [3.63, 3.8) is 0 Å². The Morgan fingerprint density at radius 1 is 1.45 bits per heavy atom. The third-order valence-electron chi connectivity index (χ3n) is 4.11. The first kappa shape index (κ1) is 15.0. The number of nitrogen functional groups attached to an aromatic ring is 1. The standard InChI is InChI=1S/C16H24FN3/c1-2-5-14-6-3-4-9-20(14)11-12-7-8-13(17)10-15(12)16(18)19/h7-8,10,14H,2-6,9,11H2,1H3,(H3,18,19). The van der Waals surface area contributed by atoms with Crippen LogP contribution in [0.25, 0.3) is 0 Å². The smallest absolute Gasteiger partial charge is 0.123 e. The molecule has 3 nitrogen and oxygen atoms in total. The quantitative estimate of drug-likeness (QED) is 0.641. The van der Waals surface area contributed by atoms with Crippen LogP contribution >= 0.6 is 0 Å². The van der Waals surface area contributed by atoms with Gasteiger partial charge >= 0.3 is 0 Å². The van der Waals surface area contributed by atoms with Crippen molar-refractivity contribution < 1.29 is 4.39 Å². The van der Waals surface area contributed by atoms with E-state index in [1.54, 1.807) is 6.07 Å². The first-order valence-corrected chi connectivity index (χ1v) is 7.48. The highest BCUT2D eigenvalue weighted by molar-refractivity contribution is 5.96. The summed E-state index contributed by atoms with van der Waals surface area (Å²) in [6.45, 7) is 4.06. The lowest BCUT2D eigenvalue weighted by atomic mass is 9.96. The van der Waals surface area contributed by atoms with E-state index in [1.165, 1.54) is 44.2 Å². The molecule has 1 saturated heterocycles. The van der Waals surface area contributed by atoms with Gasteiger partial charge in [-0.05, 0) is 43.5 Å². The van der Waals surface area contributed by atoms with Crippen LogP contribution in [0.3, 0.4) is 0 Å². The number of nitrogens with two attached hydrogens (primary N) is 1. The summed E-state index contributed by atoms with van der Waals surface area (Å²) in [5.41, 5.74) is 7.07. The number of likely N-dealkylation sites (tertiary alicyclic amines) is 1. The fraction of sp³-hybridized carbons (Fsp3) is 0.562. The fourth-order valence-electron chi connectivity index (χ4n) is 3.08. The van der Waals surface area contributed by atoms with Gasteiger partial charge in [-0.3, -0.25) is 10.3 Å². The zero-order valence-electron chi connectivity index (χ0n) is 12.2. The third-order valence-corrected chi connectivity index (χ3v) is 4.11. The molecule has 0 aliphatic carbocycles. The Balaban J connectivity index is 2.17. The molecule has 1 aromatic carbocycles. The second-order valence-corrected chi connectivity index (χ2v) is 5.62. The fourth-order valence-corrected chi connectivity index (χ4v) is 3.08. The van der Waals surface area contributed by atoms with Gasteiger partial charge in [0, 0.05) is 18.2 Å². The summed E-state index contributed by atoms with van der Waals surface area (Å²) >= 11 is 0. The topological polar surface area (TPSA) is 53.1 Å². The highest BCUT2D eigenvalue weighted by Gasteiger charge is 2.22. The van der Waals surface area contributed by atoms with Crippen LogP contribution in [0.4, 0.5) is 4.39 Å². The number of hydrogen-bond acceptors (Lipinski definition) is 2. The van der Waals surface area contributed by atoms with Crippen LogP contribution in [-0.4, -0.2) is 23.3 Å². The first-order chi connectivity index (χ1) is 9.61. The Morgan fingerprint density at radius 3 is 2.95 bits per heavy atom. The van der Waals surface area contributed by atoms with Crippen LogP contribution in [0, 0.1) is 11.2 Å². The van der Waals surface area contributed by atoms with Crippen LogP contribution in [0.1, 0.15) is 50.2 Å². The summed E-state index contributed by atoms with van der Waals surface area (Å²) in [5.74, 6) is -0.383. The van der Waals surface area contributed by atoms with E-state index in [2.05, 4.69) is 11.8 Å². The monoisotopic (exact) mass is 277 g/mol. The molecule has 0 aromatic heterocycles. The maximum absolute atomic E-state index is 13.3. The van der Waals surface area contributed by atoms with Crippen molar-refractivity contribution in [1.29, 1.82) is 5.41 Å². The Kier molecular flexibility index (Phi) is 5.12. The zero-order valence-corrected chi connectivity index (χ0v) is 12.2. The van der Waals surface area contributed by atoms with Gasteiger partial charge in [-0.1, -0.05) is 25.8 Å². The molecule has 1 aromatic rings. The highest BCUT2D eigenvalue weighted by Crippen LogP contribution is 2.24. The zero-order chi connectivity index (χ0) is 14.5. The van der Waals surface area contributed by atoms with Crippen molar-refractivity contribution in [3.8, 4) is 0 Å². The lowest BCUT2D eigenvalue weighted by Gasteiger charge is -2.36. The summed E-state index contributed by atoms with van der Waals surface area (Å²) in [7, 11) is 0. The number of benzene rings is 1. The first-order valence-electron chi connectivity index (χ1n) is 7.48. The van der Waals surface area contributed by atoms with E-state index < -0.39 is 0 Å². The summed E-state index contributed by atoms with van der Waals surface area (Å²) < 4.78 is 13.3. The van der Waals surface area contributed by atoms with E-state index in [1.807, 2.05) is 0 Å². The van der Waals surface area contributed by atoms with Gasteiger partial charge in [0.15, 0.2) is 0 Å². The van der Waals surface area contributed by atoms with Crippen LogP contribution in [0.2, 0.25) is 0 Å². The van der Waals surface area contributed by atoms with Crippen LogP contribution in [-0.2, 0) is 6.54 Å². The van der Waals surface area contributed by atoms with Crippen molar-refractivity contribution >= 4 is 5.84 Å². The minimum atomic E-state index is -0.331. The van der Waals surface area contributed by atoms with Crippen LogP contribution in [0.15, 0.2) is 18.2 Å². The number of rotatable bonds is 5. The van der Waals surface area contributed by atoms with Gasteiger partial charge in [0.1, 0.15) is 11.7 Å². The Morgan fingerprint density at radius 2 is 2.25 bits per heavy atom. The van der Waals surface area contributed by atoms with Gasteiger partial charge < -0.3 is 5.73 Å². The van der Waals surface area contributed by atoms with Gasteiger partial charge in [-0.25, -0.2) is 4.39 Å². The average Bonchev–Trinajstić information content (AvgIpc) is 2.43. The molecule has 1 aliphatic rings. The lowest BCUT2D eigenvalue weighted by Crippen LogP contribution is -2.39. The second-order valence-electron chi connectivity index (χ2n) is 5.62. The van der Waals surface area contributed by atoms with Gasteiger partial charge in [-0.15, -0.1) is 0 Å². The van der Waals surface area contributed by atoms with E-state index >= 15 is 0 Å². The number of hydrogen-bond donors (Lipinski definition) is 2. The molecule has 0 radical (unpaired) electrons. The van der Waals surface area contributed by atoms with Gasteiger partial charge in [0.25, 0.3) is 0 Å². The van der Waals surface area contributed by atoms with Crippen LogP contribution in [0.5, 0.6) is 0 Å². The molecule has 4 heteroatoms. The van der Waals surface area contributed by atoms with Crippen molar-refractivity contribution in [2.45, 2.75) is 51.6 Å². The SMILES string of the molecule is CCCC1CCCCN1Cc1ccc(F)cc1C(=N)N. The maximum Gasteiger partial charge on any atom is 0.123 e. The molecule has 1 aliphatic heterocycles. The molecule has 20 heavy (non-hydrogen) atoms. The highest BCUT2D eigenvalue weighted by atomic mass is 19.1. The molecule has 0 saturated carbocycles. The number of piperidine rings is 1. The van der Waals surface area contributed by atoms with E-state index in [4.69, 9.17) is 11.1 Å². The average molecular weight is 277 g/mol. The van der Waals surface area contributed by atoms with E-state index in [-0.39, 0.29) is 11.7 Å². The summed E-state index contributed by atoms with van der Waals surface area (Å²) in [4.78, 5) is 2.46. The number of halogens is 1. The van der Waals surface area contributed by atoms with E-state index in [0.29, 0.717) is 11.6 Å². The van der Waals surface area contributed by atoms with Crippen LogP contribution < -0.4 is 5.73 Å². The molecule has 0 bridgehead atoms. The van der Waals surface area contributed by atoms with E-state index in [0.717, 1.165) is 18.7 Å². The summed E-state index contributed by atoms with van der Waals surface area (Å²) in [5, 5.41) is 7.61. The van der Waals surface area contributed by atoms with Gasteiger partial charge in [0.05, 0.1) is 0 Å². The largest absolute Gasteiger partial charge is 0.384 e. The molecule has 0 amide bonds. The van der Waals surface area contributed by atoms with Gasteiger partial charge in [0.2, 0.25) is 0 Å². The molecular formula is C16H24FN3. The minimum Gasteiger partial charge on any atom is -0.384 e. The normalized spacial score (nSPS) is 20.0. The molecule has 2 rings (SSSR count). The molecule has 0 spiro atoms. The van der Waals surface area contributed by atoms with E-state index in [9.17, 15) is 4.39 Å². The molecule has 1 heterocycles. The molecule has 110 valence electrons. The maximum atomic E-state index is 13.3. The number of amidine groups is 1.